The van der Waals surface area contributed by atoms with Crippen LogP contribution in [0.1, 0.15) is 52.4 Å². The number of esters is 1. The number of unbranched alkanes of at least 4 members (excludes halogenated alkanes) is 4. The number of carbonyl (C=O) groups is 1. The third-order valence-corrected chi connectivity index (χ3v) is 2.02. The van der Waals surface area contributed by atoms with Gasteiger partial charge in [-0.05, 0) is 13.3 Å². The molecule has 0 fully saturated rings. The molecule has 0 aromatic carbocycles. The highest BCUT2D eigenvalue weighted by atomic mass is 17.0. The Morgan fingerprint density at radius 1 is 1.31 bits per heavy atom. The van der Waals surface area contributed by atoms with Crippen LogP contribution in [0.3, 0.4) is 0 Å². The second-order valence-electron chi connectivity index (χ2n) is 3.55. The van der Waals surface area contributed by atoms with E-state index in [1.807, 2.05) is 0 Å². The van der Waals surface area contributed by atoms with E-state index in [0.29, 0.717) is 0 Å². The van der Waals surface area contributed by atoms with E-state index in [0.717, 1.165) is 32.1 Å². The lowest BCUT2D eigenvalue weighted by Crippen LogP contribution is -2.20. The molecule has 0 radical (unpaired) electrons. The van der Waals surface area contributed by atoms with Crippen LogP contribution >= 0.6 is 0 Å². The number of nitrogens with zero attached hydrogens (tertiary/aromatic N) is 1. The van der Waals surface area contributed by atoms with Gasteiger partial charge in [0.25, 0.3) is 5.09 Å². The average Bonchev–Trinajstić information content (AvgIpc) is 2.15. The average molecular weight is 233 g/mol. The number of hydrogen-bond acceptors (Lipinski definition) is 5. The first-order valence-electron chi connectivity index (χ1n) is 5.57. The minimum absolute atomic E-state index is 0.287. The highest BCUT2D eigenvalue weighted by Gasteiger charge is 2.12. The quantitative estimate of drug-likeness (QED) is 0.201. The van der Waals surface area contributed by atoms with Gasteiger partial charge >= 0.3 is 5.97 Å². The molecule has 0 rings (SSSR count). The Bertz CT molecular complexity index is 219. The van der Waals surface area contributed by atoms with Gasteiger partial charge in [0.1, 0.15) is 0 Å². The Hall–Kier alpha value is -1.33. The summed E-state index contributed by atoms with van der Waals surface area (Å²) in [6.07, 6.45) is 4.31. The molecule has 16 heavy (non-hydrogen) atoms. The Kier molecular flexibility index (Phi) is 8.19. The van der Waals surface area contributed by atoms with Crippen molar-refractivity contribution < 1.29 is 19.5 Å². The fourth-order valence-corrected chi connectivity index (χ4v) is 1.26. The number of hydrogen-bond donors (Lipinski definition) is 0. The predicted octanol–water partition coefficient (Wildman–Crippen LogP) is 2.44. The molecule has 0 bridgehead atoms. The van der Waals surface area contributed by atoms with Crippen molar-refractivity contribution in [3.8, 4) is 0 Å². The van der Waals surface area contributed by atoms with E-state index in [1.54, 1.807) is 0 Å². The van der Waals surface area contributed by atoms with E-state index in [4.69, 9.17) is 0 Å². The molecular formula is C10H19NO5. The fraction of sp³-hybridized carbons (Fsp3) is 0.900. The maximum Gasteiger partial charge on any atom is 0.307 e. The normalized spacial score (nSPS) is 11.9. The molecule has 1 unspecified atom stereocenters. The van der Waals surface area contributed by atoms with E-state index in [2.05, 4.69) is 16.5 Å². The van der Waals surface area contributed by atoms with Gasteiger partial charge in [0.2, 0.25) is 6.29 Å². The van der Waals surface area contributed by atoms with Crippen LogP contribution in [0.4, 0.5) is 0 Å². The van der Waals surface area contributed by atoms with E-state index in [1.165, 1.54) is 6.92 Å². The lowest BCUT2D eigenvalue weighted by atomic mass is 10.1. The van der Waals surface area contributed by atoms with Gasteiger partial charge in [-0.2, -0.15) is 0 Å². The molecule has 0 N–H and O–H groups in total. The van der Waals surface area contributed by atoms with Gasteiger partial charge in [-0.15, -0.1) is 10.1 Å². The summed E-state index contributed by atoms with van der Waals surface area (Å²) in [7, 11) is 0. The first kappa shape index (κ1) is 14.7. The van der Waals surface area contributed by atoms with Crippen molar-refractivity contribution in [2.75, 3.05) is 0 Å². The van der Waals surface area contributed by atoms with Crippen molar-refractivity contribution in [2.45, 2.75) is 58.7 Å². The summed E-state index contributed by atoms with van der Waals surface area (Å²) in [6.45, 7) is 3.43. The Morgan fingerprint density at radius 3 is 2.50 bits per heavy atom. The third-order valence-electron chi connectivity index (χ3n) is 2.02. The first-order valence-corrected chi connectivity index (χ1v) is 5.57. The zero-order valence-corrected chi connectivity index (χ0v) is 9.81. The molecule has 0 aliphatic rings. The van der Waals surface area contributed by atoms with Crippen molar-refractivity contribution in [3.05, 3.63) is 10.1 Å². The van der Waals surface area contributed by atoms with Crippen molar-refractivity contribution in [1.82, 2.24) is 0 Å². The summed E-state index contributed by atoms with van der Waals surface area (Å²) in [5, 5.41) is 8.94. The largest absolute Gasteiger partial charge is 0.435 e. The van der Waals surface area contributed by atoms with Gasteiger partial charge in [-0.25, -0.2) is 0 Å². The standard InChI is InChI=1S/C10H19NO5/c1-3-4-5-6-7-8-10(12)15-9(2)16-11(13)14/h9H,3-8H2,1-2H3. The van der Waals surface area contributed by atoms with E-state index >= 15 is 0 Å². The SMILES string of the molecule is CCCCCCCC(=O)OC(C)O[N+](=O)[O-]. The van der Waals surface area contributed by atoms with Crippen LogP contribution in [-0.4, -0.2) is 17.3 Å². The predicted molar refractivity (Wildman–Crippen MR) is 57.0 cm³/mol. The van der Waals surface area contributed by atoms with Crippen molar-refractivity contribution in [3.63, 3.8) is 0 Å². The van der Waals surface area contributed by atoms with Gasteiger partial charge in [0.05, 0.1) is 0 Å². The molecule has 1 atom stereocenters. The van der Waals surface area contributed by atoms with Crippen LogP contribution in [0.5, 0.6) is 0 Å². The molecular weight excluding hydrogens is 214 g/mol. The zero-order valence-electron chi connectivity index (χ0n) is 9.81. The van der Waals surface area contributed by atoms with Gasteiger partial charge in [0, 0.05) is 6.42 Å². The van der Waals surface area contributed by atoms with Crippen LogP contribution in [0, 0.1) is 10.1 Å². The molecule has 6 nitrogen and oxygen atoms in total. The highest BCUT2D eigenvalue weighted by Crippen LogP contribution is 2.06. The van der Waals surface area contributed by atoms with Crippen LogP contribution in [0.25, 0.3) is 0 Å². The lowest BCUT2D eigenvalue weighted by molar-refractivity contribution is -0.777. The van der Waals surface area contributed by atoms with Crippen LogP contribution < -0.4 is 0 Å². The first-order chi connectivity index (χ1) is 7.56. The van der Waals surface area contributed by atoms with Crippen LogP contribution in [0.15, 0.2) is 0 Å². The number of carbonyl (C=O) groups excluding carboxylic acids is 1. The highest BCUT2D eigenvalue weighted by molar-refractivity contribution is 5.69. The van der Waals surface area contributed by atoms with Gasteiger partial charge in [0.15, 0.2) is 0 Å². The molecule has 0 amide bonds. The molecule has 0 heterocycles. The lowest BCUT2D eigenvalue weighted by Gasteiger charge is -2.10. The minimum Gasteiger partial charge on any atom is -0.435 e. The Balaban J connectivity index is 3.47. The molecule has 6 heteroatoms. The summed E-state index contributed by atoms with van der Waals surface area (Å²) in [5.74, 6) is -0.453. The van der Waals surface area contributed by atoms with Gasteiger partial charge in [-0.3, -0.25) is 9.63 Å². The van der Waals surface area contributed by atoms with Gasteiger partial charge < -0.3 is 4.74 Å². The number of rotatable bonds is 9. The summed E-state index contributed by atoms with van der Waals surface area (Å²) in [5.41, 5.74) is 0. The second kappa shape index (κ2) is 8.94. The number of ether oxygens (including phenoxy) is 1. The van der Waals surface area contributed by atoms with Crippen molar-refractivity contribution in [2.24, 2.45) is 0 Å². The molecule has 0 saturated heterocycles. The van der Waals surface area contributed by atoms with Gasteiger partial charge in [-0.1, -0.05) is 32.6 Å². The van der Waals surface area contributed by atoms with Crippen LogP contribution in [-0.2, 0) is 14.4 Å². The second-order valence-corrected chi connectivity index (χ2v) is 3.55. The molecule has 0 saturated carbocycles. The minimum atomic E-state index is -1.13. The molecule has 0 aromatic heterocycles. The third kappa shape index (κ3) is 9.23. The summed E-state index contributed by atoms with van der Waals surface area (Å²) < 4.78 is 4.66. The summed E-state index contributed by atoms with van der Waals surface area (Å²) in [4.78, 5) is 25.1. The molecule has 0 aliphatic carbocycles. The Morgan fingerprint density at radius 2 is 1.94 bits per heavy atom. The summed E-state index contributed by atoms with van der Waals surface area (Å²) in [6, 6.07) is 0. The molecule has 0 aromatic rings. The molecule has 0 aliphatic heterocycles. The van der Waals surface area contributed by atoms with E-state index in [9.17, 15) is 14.9 Å². The Labute approximate surface area is 95.0 Å². The van der Waals surface area contributed by atoms with Crippen LogP contribution in [0.2, 0.25) is 0 Å². The fourth-order valence-electron chi connectivity index (χ4n) is 1.26. The maximum atomic E-state index is 11.1. The monoisotopic (exact) mass is 233 g/mol. The zero-order chi connectivity index (χ0) is 12.4. The molecule has 0 spiro atoms. The molecule has 94 valence electrons. The summed E-state index contributed by atoms with van der Waals surface area (Å²) >= 11 is 0. The smallest absolute Gasteiger partial charge is 0.307 e. The van der Waals surface area contributed by atoms with Crippen molar-refractivity contribution in [1.29, 1.82) is 0 Å². The maximum absolute atomic E-state index is 11.1. The van der Waals surface area contributed by atoms with E-state index in [-0.39, 0.29) is 6.42 Å². The topological polar surface area (TPSA) is 78.7 Å². The van der Waals surface area contributed by atoms with Crippen molar-refractivity contribution >= 4 is 5.97 Å². The van der Waals surface area contributed by atoms with E-state index < -0.39 is 17.3 Å².